The lowest BCUT2D eigenvalue weighted by atomic mass is 10.1. The van der Waals surface area contributed by atoms with E-state index in [0.717, 1.165) is 37.7 Å². The summed E-state index contributed by atoms with van der Waals surface area (Å²) >= 11 is 0. The van der Waals surface area contributed by atoms with Gasteiger partial charge in [-0.05, 0) is 19.3 Å². The van der Waals surface area contributed by atoms with E-state index < -0.39 is 0 Å². The molecular weight excluding hydrogens is 202 g/mol. The summed E-state index contributed by atoms with van der Waals surface area (Å²) in [7, 11) is 0. The number of ether oxygens (including phenoxy) is 1. The van der Waals surface area contributed by atoms with Crippen LogP contribution in [0.1, 0.15) is 31.8 Å². The Kier molecular flexibility index (Phi) is 5.49. The number of nitrogens with zero attached hydrogens (tertiary/aromatic N) is 2. The summed E-state index contributed by atoms with van der Waals surface area (Å²) in [5.41, 5.74) is 6.71. The normalized spacial score (nSPS) is 11.3. The van der Waals surface area contributed by atoms with Gasteiger partial charge in [0.25, 0.3) is 0 Å². The van der Waals surface area contributed by atoms with Crippen molar-refractivity contribution in [2.75, 3.05) is 13.2 Å². The third-order valence-corrected chi connectivity index (χ3v) is 2.65. The molecule has 92 valence electrons. The molecule has 1 heterocycles. The number of hydrogen-bond acceptors (Lipinski definition) is 3. The molecule has 0 aromatic carbocycles. The zero-order chi connectivity index (χ0) is 12.0. The Balaban J connectivity index is 2.28. The van der Waals surface area contributed by atoms with Crippen LogP contribution in [0.25, 0.3) is 0 Å². The van der Waals surface area contributed by atoms with Gasteiger partial charge in [0, 0.05) is 25.9 Å². The fourth-order valence-corrected chi connectivity index (χ4v) is 1.56. The Morgan fingerprint density at radius 1 is 1.44 bits per heavy atom. The van der Waals surface area contributed by atoms with Gasteiger partial charge in [-0.15, -0.1) is 0 Å². The molecule has 0 amide bonds. The van der Waals surface area contributed by atoms with Crippen LogP contribution in [0.2, 0.25) is 0 Å². The van der Waals surface area contributed by atoms with E-state index in [1.54, 1.807) is 0 Å². The summed E-state index contributed by atoms with van der Waals surface area (Å²) in [5.74, 6) is 1.71. The minimum Gasteiger partial charge on any atom is -0.380 e. The average molecular weight is 225 g/mol. The minimum absolute atomic E-state index is 0.535. The van der Waals surface area contributed by atoms with Gasteiger partial charge in [-0.1, -0.05) is 13.8 Å². The lowest BCUT2D eigenvalue weighted by Crippen LogP contribution is -2.13. The Bertz CT molecular complexity index is 307. The molecule has 1 rings (SSSR count). The fraction of sp³-hybridized carbons (Fsp3) is 0.750. The predicted molar refractivity (Wildman–Crippen MR) is 65.1 cm³/mol. The predicted octanol–water partition coefficient (Wildman–Crippen LogP) is 1.71. The number of hydrogen-bond donors (Lipinski definition) is 1. The molecule has 2 N–H and O–H groups in total. The van der Waals surface area contributed by atoms with Gasteiger partial charge in [0.05, 0.1) is 12.3 Å². The highest BCUT2D eigenvalue weighted by Crippen LogP contribution is 2.04. The molecule has 4 heteroatoms. The second-order valence-corrected chi connectivity index (χ2v) is 4.45. The van der Waals surface area contributed by atoms with Crippen molar-refractivity contribution in [3.8, 4) is 0 Å². The summed E-state index contributed by atoms with van der Waals surface area (Å²) < 4.78 is 7.70. The monoisotopic (exact) mass is 225 g/mol. The molecule has 16 heavy (non-hydrogen) atoms. The molecule has 0 aliphatic rings. The van der Waals surface area contributed by atoms with Crippen LogP contribution in [0.15, 0.2) is 6.20 Å². The maximum Gasteiger partial charge on any atom is 0.105 e. The van der Waals surface area contributed by atoms with Crippen molar-refractivity contribution in [3.63, 3.8) is 0 Å². The van der Waals surface area contributed by atoms with Gasteiger partial charge in [-0.2, -0.15) is 0 Å². The number of rotatable bonds is 7. The third-order valence-electron chi connectivity index (χ3n) is 2.65. The lowest BCUT2D eigenvalue weighted by molar-refractivity contribution is 0.115. The van der Waals surface area contributed by atoms with Crippen LogP contribution < -0.4 is 5.73 Å². The highest BCUT2D eigenvalue weighted by Gasteiger charge is 2.04. The van der Waals surface area contributed by atoms with E-state index in [9.17, 15) is 0 Å². The number of nitrogens with two attached hydrogens (primary N) is 1. The smallest absolute Gasteiger partial charge is 0.105 e. The Hall–Kier alpha value is -0.870. The largest absolute Gasteiger partial charge is 0.380 e. The Morgan fingerprint density at radius 3 is 2.81 bits per heavy atom. The maximum atomic E-state index is 5.63. The molecule has 4 nitrogen and oxygen atoms in total. The van der Waals surface area contributed by atoms with E-state index in [1.165, 1.54) is 0 Å². The number of aryl methyl sites for hydroxylation is 1. The fourth-order valence-electron chi connectivity index (χ4n) is 1.56. The molecule has 0 bridgehead atoms. The molecule has 0 unspecified atom stereocenters. The van der Waals surface area contributed by atoms with Crippen LogP contribution in [0.5, 0.6) is 0 Å². The van der Waals surface area contributed by atoms with Crippen LogP contribution in [-0.4, -0.2) is 22.8 Å². The van der Waals surface area contributed by atoms with Crippen LogP contribution in [-0.2, 0) is 17.8 Å². The van der Waals surface area contributed by atoms with E-state index >= 15 is 0 Å². The topological polar surface area (TPSA) is 53.1 Å². The average Bonchev–Trinajstić information content (AvgIpc) is 2.59. The first kappa shape index (κ1) is 13.2. The molecular formula is C12H23N3O. The van der Waals surface area contributed by atoms with E-state index in [-0.39, 0.29) is 0 Å². The first-order valence-electron chi connectivity index (χ1n) is 5.94. The van der Waals surface area contributed by atoms with Crippen LogP contribution in [0.3, 0.4) is 0 Å². The van der Waals surface area contributed by atoms with Crippen molar-refractivity contribution in [2.24, 2.45) is 11.7 Å². The highest BCUT2D eigenvalue weighted by atomic mass is 16.5. The molecule has 1 aromatic rings. The number of aromatic nitrogens is 2. The number of imidazole rings is 1. The molecule has 0 fully saturated rings. The lowest BCUT2D eigenvalue weighted by Gasteiger charge is -2.10. The SMILES string of the molecule is Cc1ncc(CN)n1CCOCCC(C)C. The second-order valence-electron chi connectivity index (χ2n) is 4.45. The van der Waals surface area contributed by atoms with E-state index in [2.05, 4.69) is 23.4 Å². The first-order valence-corrected chi connectivity index (χ1v) is 5.94. The van der Waals surface area contributed by atoms with Crippen molar-refractivity contribution in [3.05, 3.63) is 17.7 Å². The molecule has 0 aliphatic carbocycles. The molecule has 0 saturated carbocycles. The highest BCUT2D eigenvalue weighted by molar-refractivity contribution is 5.03. The maximum absolute atomic E-state index is 5.63. The van der Waals surface area contributed by atoms with Gasteiger partial charge >= 0.3 is 0 Å². The van der Waals surface area contributed by atoms with Gasteiger partial charge in [0.1, 0.15) is 5.82 Å². The van der Waals surface area contributed by atoms with Crippen molar-refractivity contribution in [1.82, 2.24) is 9.55 Å². The molecule has 0 aliphatic heterocycles. The minimum atomic E-state index is 0.535. The van der Waals surface area contributed by atoms with Crippen LogP contribution in [0, 0.1) is 12.8 Å². The molecule has 0 spiro atoms. The molecule has 0 radical (unpaired) electrons. The second kappa shape index (κ2) is 6.66. The van der Waals surface area contributed by atoms with E-state index in [4.69, 9.17) is 10.5 Å². The molecule has 0 atom stereocenters. The Labute approximate surface area is 97.8 Å². The van der Waals surface area contributed by atoms with Crippen molar-refractivity contribution in [2.45, 2.75) is 40.3 Å². The quantitative estimate of drug-likeness (QED) is 0.719. The van der Waals surface area contributed by atoms with Crippen LogP contribution >= 0.6 is 0 Å². The molecule has 1 aromatic heterocycles. The summed E-state index contributed by atoms with van der Waals surface area (Å²) in [4.78, 5) is 4.24. The van der Waals surface area contributed by atoms with Crippen molar-refractivity contribution < 1.29 is 4.74 Å². The van der Waals surface area contributed by atoms with E-state index in [1.807, 2.05) is 13.1 Å². The third kappa shape index (κ3) is 3.94. The zero-order valence-corrected chi connectivity index (χ0v) is 10.6. The summed E-state index contributed by atoms with van der Waals surface area (Å²) in [6, 6.07) is 0. The van der Waals surface area contributed by atoms with E-state index in [0.29, 0.717) is 12.5 Å². The standard InChI is InChI=1S/C12H23N3O/c1-10(2)4-6-16-7-5-15-11(3)14-9-12(15)8-13/h9-10H,4-8,13H2,1-3H3. The Morgan fingerprint density at radius 2 is 2.19 bits per heavy atom. The van der Waals surface area contributed by atoms with Crippen LogP contribution in [0.4, 0.5) is 0 Å². The van der Waals surface area contributed by atoms with Crippen molar-refractivity contribution >= 4 is 0 Å². The van der Waals surface area contributed by atoms with Gasteiger partial charge in [-0.3, -0.25) is 0 Å². The first-order chi connectivity index (χ1) is 7.65. The van der Waals surface area contributed by atoms with Gasteiger partial charge in [0.2, 0.25) is 0 Å². The van der Waals surface area contributed by atoms with Crippen molar-refractivity contribution in [1.29, 1.82) is 0 Å². The zero-order valence-electron chi connectivity index (χ0n) is 10.6. The summed E-state index contributed by atoms with van der Waals surface area (Å²) in [5, 5.41) is 0. The molecule has 0 saturated heterocycles. The van der Waals surface area contributed by atoms with Gasteiger partial charge < -0.3 is 15.0 Å². The van der Waals surface area contributed by atoms with Gasteiger partial charge in [0.15, 0.2) is 0 Å². The summed E-state index contributed by atoms with van der Waals surface area (Å²) in [6.07, 6.45) is 2.95. The van der Waals surface area contributed by atoms with Gasteiger partial charge in [-0.25, -0.2) is 4.98 Å². The summed E-state index contributed by atoms with van der Waals surface area (Å²) in [6.45, 7) is 9.35.